The molecule has 92 valence electrons. The van der Waals surface area contributed by atoms with Crippen LogP contribution < -0.4 is 5.48 Å². The van der Waals surface area contributed by atoms with Gasteiger partial charge < -0.3 is 5.21 Å². The Hall–Kier alpha value is -1.22. The molecule has 1 atom stereocenters. The Labute approximate surface area is 101 Å². The van der Waals surface area contributed by atoms with E-state index in [1.807, 2.05) is 0 Å². The Morgan fingerprint density at radius 3 is 2.35 bits per heavy atom. The van der Waals surface area contributed by atoms with E-state index in [2.05, 4.69) is 11.8 Å². The highest BCUT2D eigenvalue weighted by atomic mass is 35.5. The van der Waals surface area contributed by atoms with Crippen molar-refractivity contribution in [3.8, 4) is 11.8 Å². The molecule has 2 nitrogen and oxygen atoms in total. The van der Waals surface area contributed by atoms with Crippen LogP contribution in [0.25, 0.3) is 0 Å². The number of halogens is 4. The Balaban J connectivity index is 2.84. The molecule has 0 saturated carbocycles. The van der Waals surface area contributed by atoms with Gasteiger partial charge in [-0.25, -0.2) is 5.48 Å². The molecule has 1 rings (SSSR count). The highest BCUT2D eigenvalue weighted by Gasteiger charge is 2.38. The fraction of sp³-hybridized carbons (Fsp3) is 0.273. The van der Waals surface area contributed by atoms with Crippen molar-refractivity contribution < 1.29 is 18.4 Å². The molecule has 0 saturated heterocycles. The molecule has 0 aliphatic heterocycles. The fourth-order valence-electron chi connectivity index (χ4n) is 1.04. The lowest BCUT2D eigenvalue weighted by Gasteiger charge is -2.13. The predicted octanol–water partition coefficient (Wildman–Crippen LogP) is 2.85. The second-order valence-corrected chi connectivity index (χ2v) is 3.67. The van der Waals surface area contributed by atoms with Crippen molar-refractivity contribution in [1.29, 1.82) is 0 Å². The molecular formula is C11H9ClF3NO. The number of benzene rings is 1. The molecule has 0 heterocycles. The van der Waals surface area contributed by atoms with Crippen LogP contribution in [0.2, 0.25) is 5.02 Å². The molecule has 0 aliphatic carbocycles. The first-order chi connectivity index (χ1) is 7.93. The molecule has 1 aromatic carbocycles. The highest BCUT2D eigenvalue weighted by molar-refractivity contribution is 6.30. The molecule has 0 aromatic heterocycles. The molecular weight excluding hydrogens is 255 g/mol. The van der Waals surface area contributed by atoms with Gasteiger partial charge in [-0.3, -0.25) is 0 Å². The van der Waals surface area contributed by atoms with Crippen molar-refractivity contribution in [2.45, 2.75) is 6.18 Å². The van der Waals surface area contributed by atoms with E-state index < -0.39 is 18.6 Å². The summed E-state index contributed by atoms with van der Waals surface area (Å²) in [5.74, 6) is 2.53. The summed E-state index contributed by atoms with van der Waals surface area (Å²) in [5.41, 5.74) is 1.91. The molecule has 0 aliphatic rings. The summed E-state index contributed by atoms with van der Waals surface area (Å²) in [7, 11) is 0. The van der Waals surface area contributed by atoms with Gasteiger partial charge in [0.15, 0.2) is 0 Å². The summed E-state index contributed by atoms with van der Waals surface area (Å²) in [4.78, 5) is 0. The van der Waals surface area contributed by atoms with Crippen molar-refractivity contribution in [2.75, 3.05) is 6.54 Å². The zero-order chi connectivity index (χ0) is 12.9. The van der Waals surface area contributed by atoms with Crippen LogP contribution in [0.4, 0.5) is 13.2 Å². The van der Waals surface area contributed by atoms with Gasteiger partial charge in [0.1, 0.15) is 5.92 Å². The molecule has 1 unspecified atom stereocenters. The molecule has 0 bridgehead atoms. The van der Waals surface area contributed by atoms with E-state index in [1.165, 1.54) is 17.6 Å². The summed E-state index contributed by atoms with van der Waals surface area (Å²) >= 11 is 5.63. The third-order valence-corrected chi connectivity index (χ3v) is 2.18. The van der Waals surface area contributed by atoms with Crippen LogP contribution in [0.15, 0.2) is 24.3 Å². The van der Waals surface area contributed by atoms with Gasteiger partial charge in [0.05, 0.1) is 0 Å². The average molecular weight is 264 g/mol. The van der Waals surface area contributed by atoms with Gasteiger partial charge in [-0.15, -0.1) is 0 Å². The van der Waals surface area contributed by atoms with Gasteiger partial charge in [0.2, 0.25) is 0 Å². The van der Waals surface area contributed by atoms with Gasteiger partial charge in [0, 0.05) is 17.1 Å². The van der Waals surface area contributed by atoms with Crippen LogP contribution >= 0.6 is 11.6 Å². The third kappa shape index (κ3) is 4.65. The van der Waals surface area contributed by atoms with E-state index in [0.29, 0.717) is 10.6 Å². The van der Waals surface area contributed by atoms with E-state index in [-0.39, 0.29) is 0 Å². The van der Waals surface area contributed by atoms with Crippen molar-refractivity contribution >= 4 is 11.6 Å². The zero-order valence-corrected chi connectivity index (χ0v) is 9.31. The topological polar surface area (TPSA) is 32.3 Å². The minimum absolute atomic E-state index is 0.432. The van der Waals surface area contributed by atoms with Gasteiger partial charge >= 0.3 is 6.18 Å². The Morgan fingerprint density at radius 2 is 1.88 bits per heavy atom. The monoisotopic (exact) mass is 263 g/mol. The first kappa shape index (κ1) is 13.8. The van der Waals surface area contributed by atoms with E-state index in [9.17, 15) is 13.2 Å². The average Bonchev–Trinajstić information content (AvgIpc) is 2.25. The maximum absolute atomic E-state index is 12.4. The third-order valence-electron chi connectivity index (χ3n) is 1.93. The van der Waals surface area contributed by atoms with Gasteiger partial charge in [-0.2, -0.15) is 13.2 Å². The maximum atomic E-state index is 12.4. The zero-order valence-electron chi connectivity index (χ0n) is 8.55. The number of hydroxylamine groups is 1. The lowest BCUT2D eigenvalue weighted by Crippen LogP contribution is -2.31. The summed E-state index contributed by atoms with van der Waals surface area (Å²) in [6.07, 6.45) is -4.48. The molecule has 1 aromatic rings. The van der Waals surface area contributed by atoms with Crippen molar-refractivity contribution in [3.05, 3.63) is 34.9 Å². The van der Waals surface area contributed by atoms with Crippen LogP contribution in [0.3, 0.4) is 0 Å². The largest absolute Gasteiger partial charge is 0.403 e. The van der Waals surface area contributed by atoms with Crippen molar-refractivity contribution in [3.63, 3.8) is 0 Å². The SMILES string of the molecule is ONCC(C#Cc1ccc(Cl)cc1)C(F)(F)F. The van der Waals surface area contributed by atoms with E-state index >= 15 is 0 Å². The van der Waals surface area contributed by atoms with Crippen molar-refractivity contribution in [1.82, 2.24) is 5.48 Å². The maximum Gasteiger partial charge on any atom is 0.403 e. The van der Waals surface area contributed by atoms with Crippen LogP contribution in [0, 0.1) is 17.8 Å². The quantitative estimate of drug-likeness (QED) is 0.635. The number of nitrogens with one attached hydrogen (secondary N) is 1. The first-order valence-electron chi connectivity index (χ1n) is 4.64. The molecule has 17 heavy (non-hydrogen) atoms. The molecule has 0 radical (unpaired) electrons. The summed E-state index contributed by atoms with van der Waals surface area (Å²) in [5, 5.41) is 8.78. The van der Waals surface area contributed by atoms with Crippen molar-refractivity contribution in [2.24, 2.45) is 5.92 Å². The van der Waals surface area contributed by atoms with Gasteiger partial charge in [-0.1, -0.05) is 23.4 Å². The van der Waals surface area contributed by atoms with Gasteiger partial charge in [0.25, 0.3) is 0 Å². The lowest BCUT2D eigenvalue weighted by molar-refractivity contribution is -0.161. The standard InChI is InChI=1S/C11H9ClF3NO/c12-10-5-2-8(3-6-10)1-4-9(7-16-17)11(13,14)15/h2-3,5-6,9,16-17H,7H2. The number of alkyl halides is 3. The number of hydrogen-bond donors (Lipinski definition) is 2. The molecule has 6 heteroatoms. The summed E-state index contributed by atoms with van der Waals surface area (Å²) < 4.78 is 37.2. The predicted molar refractivity (Wildman–Crippen MR) is 57.7 cm³/mol. The Bertz CT molecular complexity index is 419. The molecule has 0 fully saturated rings. The van der Waals surface area contributed by atoms with Gasteiger partial charge in [-0.05, 0) is 24.3 Å². The molecule has 2 N–H and O–H groups in total. The highest BCUT2D eigenvalue weighted by Crippen LogP contribution is 2.25. The fourth-order valence-corrected chi connectivity index (χ4v) is 1.17. The van der Waals surface area contributed by atoms with Crippen LogP contribution in [-0.2, 0) is 0 Å². The van der Waals surface area contributed by atoms with E-state index in [0.717, 1.165) is 0 Å². The first-order valence-corrected chi connectivity index (χ1v) is 5.02. The summed E-state index contributed by atoms with van der Waals surface area (Å²) in [6, 6.07) is 6.13. The van der Waals surface area contributed by atoms with E-state index in [4.69, 9.17) is 16.8 Å². The Morgan fingerprint density at radius 1 is 1.29 bits per heavy atom. The Kier molecular flexibility index (Phi) is 4.82. The summed E-state index contributed by atoms with van der Waals surface area (Å²) in [6.45, 7) is -0.663. The molecule has 0 spiro atoms. The minimum Gasteiger partial charge on any atom is -0.317 e. The normalized spacial score (nSPS) is 12.8. The second-order valence-electron chi connectivity index (χ2n) is 3.23. The lowest BCUT2D eigenvalue weighted by atomic mass is 10.1. The second kappa shape index (κ2) is 5.92. The van der Waals surface area contributed by atoms with Crippen LogP contribution in [-0.4, -0.2) is 17.9 Å². The number of rotatable bonds is 2. The smallest absolute Gasteiger partial charge is 0.317 e. The van der Waals surface area contributed by atoms with Crippen LogP contribution in [0.1, 0.15) is 5.56 Å². The van der Waals surface area contributed by atoms with Crippen LogP contribution in [0.5, 0.6) is 0 Å². The molecule has 0 amide bonds. The minimum atomic E-state index is -4.48. The number of hydrogen-bond acceptors (Lipinski definition) is 2. The van der Waals surface area contributed by atoms with E-state index in [1.54, 1.807) is 12.1 Å².